The molecule has 2 heteroatoms. The van der Waals surface area contributed by atoms with E-state index in [0.717, 1.165) is 23.7 Å². The van der Waals surface area contributed by atoms with Gasteiger partial charge in [0.15, 0.2) is 11.6 Å². The quantitative estimate of drug-likeness (QED) is 0.586. The minimum atomic E-state index is 0.103. The van der Waals surface area contributed by atoms with E-state index in [2.05, 4.69) is 0 Å². The second-order valence-corrected chi connectivity index (χ2v) is 6.06. The van der Waals surface area contributed by atoms with Crippen LogP contribution in [0.1, 0.15) is 6.42 Å². The van der Waals surface area contributed by atoms with E-state index in [1.165, 1.54) is 6.42 Å². The Balaban J connectivity index is 1.73. The van der Waals surface area contributed by atoms with Crippen LogP contribution in [0, 0.1) is 47.3 Å². The summed E-state index contributed by atoms with van der Waals surface area (Å²) >= 11 is 0. The molecule has 0 aromatic heterocycles. The number of allylic oxidation sites excluding steroid dienone is 2. The highest BCUT2D eigenvalue weighted by atomic mass is 16.1. The molecule has 6 aliphatic rings. The molecule has 6 unspecified atom stereocenters. The van der Waals surface area contributed by atoms with Crippen LogP contribution in [-0.2, 0) is 9.59 Å². The Labute approximate surface area is 87.7 Å². The van der Waals surface area contributed by atoms with Crippen LogP contribution in [0.3, 0.4) is 0 Å². The number of rotatable bonds is 0. The van der Waals surface area contributed by atoms with E-state index >= 15 is 0 Å². The van der Waals surface area contributed by atoms with Crippen LogP contribution in [0.2, 0.25) is 0 Å². The second kappa shape index (κ2) is 1.85. The van der Waals surface area contributed by atoms with E-state index in [4.69, 9.17) is 0 Å². The van der Waals surface area contributed by atoms with Crippen LogP contribution in [0.25, 0.3) is 0 Å². The third-order valence-corrected chi connectivity index (χ3v) is 6.00. The van der Waals surface area contributed by atoms with E-state index in [0.29, 0.717) is 11.8 Å². The molecule has 6 atom stereocenters. The van der Waals surface area contributed by atoms with Crippen molar-refractivity contribution in [2.45, 2.75) is 6.42 Å². The summed E-state index contributed by atoms with van der Waals surface area (Å²) in [5.74, 6) is 5.29. The maximum Gasteiger partial charge on any atom is 0.159 e. The van der Waals surface area contributed by atoms with Crippen molar-refractivity contribution in [1.82, 2.24) is 0 Å². The average molecular weight is 200 g/mol. The Hall–Kier alpha value is -0.920. The van der Waals surface area contributed by atoms with Gasteiger partial charge in [-0.3, -0.25) is 9.59 Å². The number of hydrogen-bond donors (Lipinski definition) is 0. The highest BCUT2D eigenvalue weighted by molar-refractivity contribution is 6.08. The van der Waals surface area contributed by atoms with Gasteiger partial charge in [0.1, 0.15) is 0 Å². The molecule has 6 bridgehead atoms. The zero-order valence-corrected chi connectivity index (χ0v) is 8.30. The highest BCUT2D eigenvalue weighted by Gasteiger charge is 2.81. The number of carbonyl (C=O) groups excluding carboxylic acids is 2. The van der Waals surface area contributed by atoms with Gasteiger partial charge < -0.3 is 0 Å². The molecule has 2 nitrogen and oxygen atoms in total. The van der Waals surface area contributed by atoms with E-state index < -0.39 is 0 Å². The predicted molar refractivity (Wildman–Crippen MR) is 51.7 cm³/mol. The monoisotopic (exact) mass is 200 g/mol. The fourth-order valence-electron chi connectivity index (χ4n) is 5.89. The topological polar surface area (TPSA) is 34.1 Å². The summed E-state index contributed by atoms with van der Waals surface area (Å²) in [7, 11) is 0. The Morgan fingerprint density at radius 2 is 1.27 bits per heavy atom. The number of carbonyl (C=O) groups is 2. The van der Waals surface area contributed by atoms with Gasteiger partial charge in [-0.15, -0.1) is 0 Å². The van der Waals surface area contributed by atoms with Crippen molar-refractivity contribution in [2.75, 3.05) is 0 Å². The lowest BCUT2D eigenvalue weighted by molar-refractivity contribution is -0.131. The van der Waals surface area contributed by atoms with Gasteiger partial charge in [0.05, 0.1) is 0 Å². The largest absolute Gasteiger partial charge is 0.295 e. The second-order valence-electron chi connectivity index (χ2n) is 6.06. The fraction of sp³-hybridized carbons (Fsp3) is 0.692. The maximum atomic E-state index is 11.9. The molecule has 5 saturated carbocycles. The zero-order chi connectivity index (χ0) is 9.89. The number of fused-ring (bicyclic) bond motifs is 1. The smallest absolute Gasteiger partial charge is 0.159 e. The van der Waals surface area contributed by atoms with Crippen molar-refractivity contribution in [3.05, 3.63) is 12.2 Å². The number of ketones is 2. The van der Waals surface area contributed by atoms with Crippen LogP contribution >= 0.6 is 0 Å². The number of hydrogen-bond acceptors (Lipinski definition) is 2. The van der Waals surface area contributed by atoms with Gasteiger partial charge in [-0.25, -0.2) is 0 Å². The molecule has 76 valence electrons. The summed E-state index contributed by atoms with van der Waals surface area (Å²) in [5.41, 5.74) is 0. The van der Waals surface area contributed by atoms with Gasteiger partial charge in [-0.05, 0) is 54.1 Å². The normalized spacial score (nSPS) is 66.4. The van der Waals surface area contributed by atoms with Crippen LogP contribution < -0.4 is 0 Å². The standard InChI is InChI=1S/C13H12O2/c14-6-1-2-7(15)13-11-5-3-4-8(9(4)11)10(5)12(6)13/h1-2,4-5,8-13H,3H2. The summed E-state index contributed by atoms with van der Waals surface area (Å²) in [4.78, 5) is 23.8. The molecule has 0 N–H and O–H groups in total. The lowest BCUT2D eigenvalue weighted by atomic mass is 9.72. The molecule has 0 aliphatic heterocycles. The van der Waals surface area contributed by atoms with Gasteiger partial charge in [0.2, 0.25) is 0 Å². The molecule has 0 radical (unpaired) electrons. The molecule has 15 heavy (non-hydrogen) atoms. The highest BCUT2D eigenvalue weighted by Crippen LogP contribution is 2.83. The van der Waals surface area contributed by atoms with Crippen molar-refractivity contribution in [3.63, 3.8) is 0 Å². The fourth-order valence-corrected chi connectivity index (χ4v) is 5.89. The molecule has 0 aromatic rings. The Bertz CT molecular complexity index is 411. The molecular weight excluding hydrogens is 188 g/mol. The SMILES string of the molecule is O=C1C=CC(=O)C2C1C1C3CC4C1C4C32. The first-order valence-corrected chi connectivity index (χ1v) is 6.05. The van der Waals surface area contributed by atoms with E-state index in [1.807, 2.05) is 0 Å². The minimum Gasteiger partial charge on any atom is -0.295 e. The van der Waals surface area contributed by atoms with E-state index in [-0.39, 0.29) is 23.4 Å². The van der Waals surface area contributed by atoms with E-state index in [9.17, 15) is 9.59 Å². The zero-order valence-electron chi connectivity index (χ0n) is 8.30. The summed E-state index contributed by atoms with van der Waals surface area (Å²) in [6.45, 7) is 0. The molecule has 5 fully saturated rings. The molecule has 0 heterocycles. The molecule has 0 saturated heterocycles. The maximum absolute atomic E-state index is 11.9. The van der Waals surface area contributed by atoms with Crippen LogP contribution in [0.15, 0.2) is 12.2 Å². The summed E-state index contributed by atoms with van der Waals surface area (Å²) in [6, 6.07) is 0. The molecular formula is C13H12O2. The Kier molecular flexibility index (Phi) is 0.911. The third kappa shape index (κ3) is 0.549. The Morgan fingerprint density at radius 3 is 1.73 bits per heavy atom. The molecule has 0 amide bonds. The van der Waals surface area contributed by atoms with Crippen molar-refractivity contribution in [3.8, 4) is 0 Å². The van der Waals surface area contributed by atoms with Crippen LogP contribution in [0.5, 0.6) is 0 Å². The first-order valence-electron chi connectivity index (χ1n) is 6.05. The van der Waals surface area contributed by atoms with Crippen molar-refractivity contribution in [2.24, 2.45) is 47.3 Å². The van der Waals surface area contributed by atoms with Crippen molar-refractivity contribution < 1.29 is 9.59 Å². The Morgan fingerprint density at radius 1 is 0.800 bits per heavy atom. The lowest BCUT2D eigenvalue weighted by Gasteiger charge is -2.29. The average Bonchev–Trinajstić information content (AvgIpc) is 2.60. The van der Waals surface area contributed by atoms with Crippen LogP contribution in [0.4, 0.5) is 0 Å². The molecule has 6 rings (SSSR count). The predicted octanol–water partition coefficient (Wildman–Crippen LogP) is 1.07. The summed E-state index contributed by atoms with van der Waals surface area (Å²) in [5, 5.41) is 0. The van der Waals surface area contributed by atoms with Gasteiger partial charge >= 0.3 is 0 Å². The third-order valence-electron chi connectivity index (χ3n) is 6.00. The lowest BCUT2D eigenvalue weighted by Crippen LogP contribution is -2.37. The first-order chi connectivity index (χ1) is 7.29. The van der Waals surface area contributed by atoms with Crippen molar-refractivity contribution in [1.29, 1.82) is 0 Å². The summed E-state index contributed by atoms with van der Waals surface area (Å²) < 4.78 is 0. The molecule has 6 aliphatic carbocycles. The minimum absolute atomic E-state index is 0.103. The molecule has 0 aromatic carbocycles. The van der Waals surface area contributed by atoms with Crippen molar-refractivity contribution >= 4 is 11.6 Å². The van der Waals surface area contributed by atoms with Gasteiger partial charge in [0.25, 0.3) is 0 Å². The summed E-state index contributed by atoms with van der Waals surface area (Å²) in [6.07, 6.45) is 4.41. The van der Waals surface area contributed by atoms with Gasteiger partial charge in [0, 0.05) is 11.8 Å². The van der Waals surface area contributed by atoms with Gasteiger partial charge in [-0.2, -0.15) is 0 Å². The van der Waals surface area contributed by atoms with Crippen LogP contribution in [-0.4, -0.2) is 11.6 Å². The first kappa shape index (κ1) is 7.37. The van der Waals surface area contributed by atoms with E-state index in [1.54, 1.807) is 12.2 Å². The molecule has 0 spiro atoms. The van der Waals surface area contributed by atoms with Gasteiger partial charge in [-0.1, -0.05) is 0 Å².